The lowest BCUT2D eigenvalue weighted by Gasteiger charge is -2.22. The van der Waals surface area contributed by atoms with Gasteiger partial charge < -0.3 is 4.74 Å². The standard InChI is InChI=1S/C8H14N2O2S/c1-8(2,3)12-7(11)9-10-5-4-6-13-10/h4,6H,5H2,1-3H3,(H,9,11). The molecule has 0 aromatic heterocycles. The molecule has 0 saturated heterocycles. The molecule has 0 aliphatic carbocycles. The Hall–Kier alpha value is -0.680. The Kier molecular flexibility index (Phi) is 3.22. The number of hydrogen-bond acceptors (Lipinski definition) is 4. The summed E-state index contributed by atoms with van der Waals surface area (Å²) in [6, 6.07) is 0. The zero-order valence-corrected chi connectivity index (χ0v) is 8.85. The number of rotatable bonds is 1. The van der Waals surface area contributed by atoms with Crippen LogP contribution in [0.2, 0.25) is 0 Å². The second-order valence-electron chi connectivity index (χ2n) is 3.65. The Morgan fingerprint density at radius 2 is 2.31 bits per heavy atom. The van der Waals surface area contributed by atoms with Gasteiger partial charge in [-0.1, -0.05) is 6.08 Å². The van der Waals surface area contributed by atoms with Gasteiger partial charge in [0, 0.05) is 6.54 Å². The van der Waals surface area contributed by atoms with Crippen LogP contribution in [0.5, 0.6) is 0 Å². The van der Waals surface area contributed by atoms with Crippen LogP contribution >= 0.6 is 11.9 Å². The smallest absolute Gasteiger partial charge is 0.423 e. The number of nitrogens with one attached hydrogen (secondary N) is 1. The summed E-state index contributed by atoms with van der Waals surface area (Å²) in [5.74, 6) is 0. The molecule has 1 amide bonds. The van der Waals surface area contributed by atoms with Gasteiger partial charge in [0.2, 0.25) is 0 Å². The molecule has 1 aliphatic heterocycles. The Morgan fingerprint density at radius 3 is 2.77 bits per heavy atom. The van der Waals surface area contributed by atoms with Crippen LogP contribution in [0.1, 0.15) is 20.8 Å². The maximum absolute atomic E-state index is 11.2. The summed E-state index contributed by atoms with van der Waals surface area (Å²) in [5, 5.41) is 1.91. The Balaban J connectivity index is 2.25. The molecule has 0 fully saturated rings. The zero-order valence-electron chi connectivity index (χ0n) is 8.03. The highest BCUT2D eigenvalue weighted by atomic mass is 32.2. The fourth-order valence-electron chi connectivity index (χ4n) is 0.773. The fraction of sp³-hybridized carbons (Fsp3) is 0.625. The molecule has 4 nitrogen and oxygen atoms in total. The van der Waals surface area contributed by atoms with Gasteiger partial charge in [0.25, 0.3) is 0 Å². The van der Waals surface area contributed by atoms with E-state index >= 15 is 0 Å². The molecular weight excluding hydrogens is 188 g/mol. The SMILES string of the molecule is CC(C)(C)OC(=O)NN1CC=CS1. The fourth-order valence-corrected chi connectivity index (χ4v) is 1.39. The molecule has 0 radical (unpaired) electrons. The number of hydrazine groups is 1. The number of carbonyl (C=O) groups excluding carboxylic acids is 1. The van der Waals surface area contributed by atoms with E-state index in [1.165, 1.54) is 11.9 Å². The van der Waals surface area contributed by atoms with Gasteiger partial charge in [0.15, 0.2) is 0 Å². The van der Waals surface area contributed by atoms with Gasteiger partial charge in [-0.05, 0) is 38.1 Å². The second-order valence-corrected chi connectivity index (χ2v) is 4.58. The Bertz CT molecular complexity index is 215. The van der Waals surface area contributed by atoms with Crippen molar-refractivity contribution in [1.29, 1.82) is 0 Å². The van der Waals surface area contributed by atoms with Crippen LogP contribution in [0.15, 0.2) is 11.5 Å². The average Bonchev–Trinajstić information content (AvgIpc) is 2.34. The van der Waals surface area contributed by atoms with Crippen molar-refractivity contribution in [3.8, 4) is 0 Å². The summed E-state index contributed by atoms with van der Waals surface area (Å²) in [5.41, 5.74) is 2.17. The van der Waals surface area contributed by atoms with Crippen LogP contribution in [0.3, 0.4) is 0 Å². The van der Waals surface area contributed by atoms with Crippen LogP contribution in [0, 0.1) is 0 Å². The van der Waals surface area contributed by atoms with Crippen LogP contribution < -0.4 is 5.43 Å². The van der Waals surface area contributed by atoms with Crippen molar-refractivity contribution in [3.05, 3.63) is 11.5 Å². The van der Waals surface area contributed by atoms with Gasteiger partial charge in [0.05, 0.1) is 0 Å². The van der Waals surface area contributed by atoms with E-state index in [4.69, 9.17) is 4.74 Å². The molecule has 1 N–H and O–H groups in total. The summed E-state index contributed by atoms with van der Waals surface area (Å²) in [6.07, 6.45) is 1.55. The van der Waals surface area contributed by atoms with E-state index in [1.807, 2.05) is 32.3 Å². The van der Waals surface area contributed by atoms with Crippen molar-refractivity contribution in [3.63, 3.8) is 0 Å². The zero-order chi connectivity index (χ0) is 9.90. The first kappa shape index (κ1) is 10.4. The number of nitrogens with zero attached hydrogens (tertiary/aromatic N) is 1. The summed E-state index contributed by atoms with van der Waals surface area (Å²) in [7, 11) is 0. The molecule has 74 valence electrons. The van der Waals surface area contributed by atoms with Crippen molar-refractivity contribution in [2.24, 2.45) is 0 Å². The predicted octanol–water partition coefficient (Wildman–Crippen LogP) is 1.90. The van der Waals surface area contributed by atoms with Gasteiger partial charge in [-0.2, -0.15) is 4.41 Å². The van der Waals surface area contributed by atoms with Crippen LogP contribution in [-0.2, 0) is 4.74 Å². The van der Waals surface area contributed by atoms with E-state index in [1.54, 1.807) is 4.41 Å². The summed E-state index contributed by atoms with van der Waals surface area (Å²) < 4.78 is 6.77. The summed E-state index contributed by atoms with van der Waals surface area (Å²) in [4.78, 5) is 11.2. The van der Waals surface area contributed by atoms with Gasteiger partial charge in [0.1, 0.15) is 5.60 Å². The van der Waals surface area contributed by atoms with Gasteiger partial charge in [-0.15, -0.1) is 0 Å². The van der Waals surface area contributed by atoms with Crippen molar-refractivity contribution in [2.75, 3.05) is 6.54 Å². The van der Waals surface area contributed by atoms with E-state index in [2.05, 4.69) is 5.43 Å². The third kappa shape index (κ3) is 4.19. The first-order chi connectivity index (χ1) is 5.97. The topological polar surface area (TPSA) is 41.6 Å². The normalized spacial score (nSPS) is 17.5. The monoisotopic (exact) mass is 202 g/mol. The first-order valence-corrected chi connectivity index (χ1v) is 4.90. The van der Waals surface area contributed by atoms with Crippen molar-refractivity contribution in [1.82, 2.24) is 9.84 Å². The number of carbonyl (C=O) groups is 1. The van der Waals surface area contributed by atoms with E-state index in [0.717, 1.165) is 0 Å². The molecule has 0 saturated carbocycles. The van der Waals surface area contributed by atoms with Crippen molar-refractivity contribution >= 4 is 18.0 Å². The Labute approximate surface area is 82.4 Å². The lowest BCUT2D eigenvalue weighted by molar-refractivity contribution is 0.0446. The van der Waals surface area contributed by atoms with Crippen LogP contribution in [-0.4, -0.2) is 22.7 Å². The molecule has 1 heterocycles. The van der Waals surface area contributed by atoms with Crippen molar-refractivity contribution in [2.45, 2.75) is 26.4 Å². The molecule has 0 atom stereocenters. The molecule has 0 bridgehead atoms. The second kappa shape index (κ2) is 4.02. The highest BCUT2D eigenvalue weighted by Gasteiger charge is 2.18. The average molecular weight is 202 g/mol. The van der Waals surface area contributed by atoms with Gasteiger partial charge >= 0.3 is 6.09 Å². The highest BCUT2D eigenvalue weighted by molar-refractivity contribution is 8.00. The largest absolute Gasteiger partial charge is 0.443 e. The lowest BCUT2D eigenvalue weighted by atomic mass is 10.2. The number of amides is 1. The molecule has 1 rings (SSSR count). The Morgan fingerprint density at radius 1 is 1.62 bits per heavy atom. The molecule has 0 unspecified atom stereocenters. The summed E-state index contributed by atoms with van der Waals surface area (Å²) in [6.45, 7) is 6.22. The van der Waals surface area contributed by atoms with Crippen molar-refractivity contribution < 1.29 is 9.53 Å². The molecule has 13 heavy (non-hydrogen) atoms. The van der Waals surface area contributed by atoms with Crippen LogP contribution in [0.25, 0.3) is 0 Å². The van der Waals surface area contributed by atoms with E-state index in [9.17, 15) is 4.79 Å². The number of hydrogen-bond donors (Lipinski definition) is 1. The minimum atomic E-state index is -0.443. The van der Waals surface area contributed by atoms with E-state index in [0.29, 0.717) is 6.54 Å². The maximum atomic E-state index is 11.2. The molecule has 0 aromatic rings. The minimum Gasteiger partial charge on any atom is -0.443 e. The molecule has 5 heteroatoms. The van der Waals surface area contributed by atoms with E-state index < -0.39 is 11.7 Å². The predicted molar refractivity (Wildman–Crippen MR) is 52.8 cm³/mol. The molecular formula is C8H14N2O2S. The molecule has 0 spiro atoms. The lowest BCUT2D eigenvalue weighted by Crippen LogP contribution is -2.39. The minimum absolute atomic E-state index is 0.413. The third-order valence-corrected chi connectivity index (χ3v) is 1.98. The maximum Gasteiger partial charge on any atom is 0.423 e. The van der Waals surface area contributed by atoms with Gasteiger partial charge in [-0.25, -0.2) is 10.2 Å². The first-order valence-electron chi connectivity index (χ1n) is 4.06. The van der Waals surface area contributed by atoms with E-state index in [-0.39, 0.29) is 0 Å². The molecule has 1 aliphatic rings. The van der Waals surface area contributed by atoms with Crippen LogP contribution in [0.4, 0.5) is 4.79 Å². The quantitative estimate of drug-likeness (QED) is 0.659. The van der Waals surface area contributed by atoms with Gasteiger partial charge in [-0.3, -0.25) is 0 Å². The third-order valence-electron chi connectivity index (χ3n) is 1.17. The molecule has 0 aromatic carbocycles. The summed E-state index contributed by atoms with van der Waals surface area (Å²) >= 11 is 1.44. The number of ether oxygens (including phenoxy) is 1. The highest BCUT2D eigenvalue weighted by Crippen LogP contribution is 2.15.